The second-order valence-corrected chi connectivity index (χ2v) is 9.79. The van der Waals surface area contributed by atoms with Gasteiger partial charge in [-0.05, 0) is 98.7 Å². The predicted molar refractivity (Wildman–Crippen MR) is 146 cm³/mol. The largest absolute Gasteiger partial charge is 0.492 e. The summed E-state index contributed by atoms with van der Waals surface area (Å²) in [6, 6.07) is 13.3. The van der Waals surface area contributed by atoms with Crippen LogP contribution in [0.25, 0.3) is 12.2 Å². The third-order valence-corrected chi connectivity index (χ3v) is 6.38. The van der Waals surface area contributed by atoms with Crippen molar-refractivity contribution in [2.75, 3.05) is 32.6 Å². The third-order valence-electron chi connectivity index (χ3n) is 6.38. The number of benzene rings is 3. The first-order chi connectivity index (χ1) is 19.1. The smallest absolute Gasteiger partial charge is 0.228 e. The molecule has 0 aliphatic heterocycles. The number of Topliss-reactive ketones (excluding diaryl/α,β-unsaturated/α-hetero) is 1. The fourth-order valence-electron chi connectivity index (χ4n) is 4.26. The lowest BCUT2D eigenvalue weighted by molar-refractivity contribution is -0.120. The van der Waals surface area contributed by atoms with Crippen LogP contribution in [0.1, 0.15) is 24.0 Å². The summed E-state index contributed by atoms with van der Waals surface area (Å²) in [5.41, 5.74) is 1.44. The highest BCUT2D eigenvalue weighted by Gasteiger charge is 2.32. The molecule has 0 spiro atoms. The second kappa shape index (κ2) is 12.7. The summed E-state index contributed by atoms with van der Waals surface area (Å²) in [6.07, 6.45) is 2.90. The molecule has 0 atom stereocenters. The number of nitrogens with one attached hydrogen (secondary N) is 1. The molecule has 0 bridgehead atoms. The first-order valence-electron chi connectivity index (χ1n) is 12.6. The number of nitrogens with zero attached hydrogens (tertiary/aromatic N) is 1. The van der Waals surface area contributed by atoms with E-state index >= 15 is 0 Å². The van der Waals surface area contributed by atoms with Crippen LogP contribution < -0.4 is 10.1 Å². The maximum absolute atomic E-state index is 13.8. The van der Waals surface area contributed by atoms with Gasteiger partial charge in [0.2, 0.25) is 5.91 Å². The quantitative estimate of drug-likeness (QED) is 0.265. The van der Waals surface area contributed by atoms with E-state index in [1.807, 2.05) is 19.0 Å². The van der Waals surface area contributed by atoms with Crippen LogP contribution in [0.5, 0.6) is 5.75 Å². The van der Waals surface area contributed by atoms with E-state index in [2.05, 4.69) is 5.32 Å². The minimum absolute atomic E-state index is 0.0461. The van der Waals surface area contributed by atoms with Gasteiger partial charge in [0.25, 0.3) is 0 Å². The molecule has 0 saturated heterocycles. The van der Waals surface area contributed by atoms with Crippen molar-refractivity contribution in [3.63, 3.8) is 0 Å². The van der Waals surface area contributed by atoms with Gasteiger partial charge in [0.05, 0.1) is 0 Å². The molecule has 5 nitrogen and oxygen atoms in total. The molecule has 0 unspecified atom stereocenters. The number of hydrogen-bond acceptors (Lipinski definition) is 4. The second-order valence-electron chi connectivity index (χ2n) is 9.79. The lowest BCUT2D eigenvalue weighted by atomic mass is 9.79. The lowest BCUT2D eigenvalue weighted by Crippen LogP contribution is -2.30. The number of carbonyl (C=O) groups excluding carboxylic acids is 2. The van der Waals surface area contributed by atoms with E-state index in [0.29, 0.717) is 18.0 Å². The van der Waals surface area contributed by atoms with Crippen molar-refractivity contribution in [2.45, 2.75) is 12.8 Å². The van der Waals surface area contributed by atoms with Gasteiger partial charge in [-0.15, -0.1) is 0 Å². The highest BCUT2D eigenvalue weighted by atomic mass is 19.2. The number of ketones is 1. The Bertz CT molecular complexity index is 1390. The monoisotopic (exact) mass is 552 g/mol. The maximum Gasteiger partial charge on any atom is 0.228 e. The van der Waals surface area contributed by atoms with E-state index in [0.717, 1.165) is 30.8 Å². The lowest BCUT2D eigenvalue weighted by Gasteiger charge is -2.25. The van der Waals surface area contributed by atoms with Crippen molar-refractivity contribution < 1.29 is 31.9 Å². The van der Waals surface area contributed by atoms with Gasteiger partial charge in [-0.25, -0.2) is 17.6 Å². The van der Waals surface area contributed by atoms with Crippen molar-refractivity contribution in [1.29, 1.82) is 0 Å². The van der Waals surface area contributed by atoms with E-state index in [1.165, 1.54) is 24.3 Å². The molecule has 1 fully saturated rings. The fourth-order valence-corrected chi connectivity index (χ4v) is 4.26. The topological polar surface area (TPSA) is 58.6 Å². The Morgan fingerprint density at radius 1 is 0.850 bits per heavy atom. The molecule has 3 aromatic carbocycles. The highest BCUT2D eigenvalue weighted by molar-refractivity contribution is 6.15. The molecular formula is C31H28F4N2O3. The van der Waals surface area contributed by atoms with Crippen LogP contribution >= 0.6 is 0 Å². The number of likely N-dealkylation sites (N-methyl/N-ethyl adjacent to an activating group) is 1. The Morgan fingerprint density at radius 2 is 1.38 bits per heavy atom. The minimum atomic E-state index is -1.07. The molecule has 1 aliphatic carbocycles. The minimum Gasteiger partial charge on any atom is -0.492 e. The van der Waals surface area contributed by atoms with Gasteiger partial charge in [-0.3, -0.25) is 9.59 Å². The number of rotatable bonds is 8. The van der Waals surface area contributed by atoms with E-state index in [1.54, 1.807) is 24.3 Å². The molecule has 1 N–H and O–H groups in total. The van der Waals surface area contributed by atoms with Crippen LogP contribution in [0.4, 0.5) is 23.2 Å². The van der Waals surface area contributed by atoms with Crippen molar-refractivity contribution >= 4 is 29.5 Å². The van der Waals surface area contributed by atoms with E-state index < -0.39 is 35.0 Å². The van der Waals surface area contributed by atoms with Gasteiger partial charge in [-0.2, -0.15) is 0 Å². The molecule has 4 rings (SSSR count). The Balaban J connectivity index is 1.58. The first-order valence-corrected chi connectivity index (χ1v) is 12.6. The summed E-state index contributed by atoms with van der Waals surface area (Å²) in [4.78, 5) is 28.6. The Hall–Kier alpha value is -4.24. The Labute approximate surface area is 229 Å². The predicted octanol–water partition coefficient (Wildman–Crippen LogP) is 6.27. The van der Waals surface area contributed by atoms with Crippen molar-refractivity contribution in [3.05, 3.63) is 106 Å². The average Bonchev–Trinajstić information content (AvgIpc) is 2.91. The van der Waals surface area contributed by atoms with Crippen LogP contribution in [-0.4, -0.2) is 43.8 Å². The third kappa shape index (κ3) is 7.45. The van der Waals surface area contributed by atoms with Gasteiger partial charge in [0.15, 0.2) is 29.1 Å². The molecule has 9 heteroatoms. The number of amides is 1. The number of allylic oxidation sites excluding steroid dienone is 2. The molecule has 40 heavy (non-hydrogen) atoms. The Morgan fingerprint density at radius 3 is 1.85 bits per heavy atom. The number of halogens is 4. The number of anilines is 1. The fraction of sp³-hybridized carbons (Fsp3) is 0.226. The van der Waals surface area contributed by atoms with E-state index in [-0.39, 0.29) is 41.0 Å². The summed E-state index contributed by atoms with van der Waals surface area (Å²) in [6.45, 7) is 1.26. The zero-order chi connectivity index (χ0) is 28.8. The summed E-state index contributed by atoms with van der Waals surface area (Å²) in [5, 5.41) is 2.84. The number of ether oxygens (including phenoxy) is 1. The molecule has 1 saturated carbocycles. The standard InChI is InChI=1S/C31H28F4N2O3/c1-37(2)11-12-40-25-7-5-24(6-8-25)36-31(39)23-17-21(13-19-3-9-26(32)28(34)15-19)30(38)22(18-23)14-20-4-10-27(33)29(35)16-20/h3-10,13-16,23H,11-12,17-18H2,1-2H3,(H,36,39)/b21-13+,22-14+. The summed E-state index contributed by atoms with van der Waals surface area (Å²) in [7, 11) is 3.88. The zero-order valence-corrected chi connectivity index (χ0v) is 22.0. The van der Waals surface area contributed by atoms with Crippen LogP contribution in [0, 0.1) is 29.2 Å². The molecule has 0 aromatic heterocycles. The summed E-state index contributed by atoms with van der Waals surface area (Å²) < 4.78 is 60.1. The van der Waals surface area contributed by atoms with Crippen molar-refractivity contribution in [2.24, 2.45) is 5.92 Å². The van der Waals surface area contributed by atoms with Crippen molar-refractivity contribution in [3.8, 4) is 5.75 Å². The summed E-state index contributed by atoms with van der Waals surface area (Å²) >= 11 is 0. The van der Waals surface area contributed by atoms with Crippen LogP contribution in [0.2, 0.25) is 0 Å². The molecular weight excluding hydrogens is 524 g/mol. The number of carbonyl (C=O) groups is 2. The van der Waals surface area contributed by atoms with Gasteiger partial charge in [-0.1, -0.05) is 12.1 Å². The molecule has 208 valence electrons. The van der Waals surface area contributed by atoms with Gasteiger partial charge < -0.3 is 15.0 Å². The normalized spacial score (nSPS) is 17.5. The van der Waals surface area contributed by atoms with Crippen LogP contribution in [0.15, 0.2) is 71.8 Å². The molecule has 1 amide bonds. The van der Waals surface area contributed by atoms with Gasteiger partial charge in [0.1, 0.15) is 12.4 Å². The van der Waals surface area contributed by atoms with Crippen LogP contribution in [0.3, 0.4) is 0 Å². The molecule has 0 heterocycles. The average molecular weight is 553 g/mol. The van der Waals surface area contributed by atoms with Gasteiger partial charge >= 0.3 is 0 Å². The zero-order valence-electron chi connectivity index (χ0n) is 22.0. The molecule has 1 aliphatic rings. The number of hydrogen-bond donors (Lipinski definition) is 1. The first kappa shape index (κ1) is 28.8. The highest BCUT2D eigenvalue weighted by Crippen LogP contribution is 2.34. The van der Waals surface area contributed by atoms with E-state index in [4.69, 9.17) is 4.74 Å². The summed E-state index contributed by atoms with van der Waals surface area (Å²) in [5.74, 6) is -5.01. The maximum atomic E-state index is 13.8. The molecule has 3 aromatic rings. The molecule has 0 radical (unpaired) electrons. The SMILES string of the molecule is CN(C)CCOc1ccc(NC(=O)C2C/C(=C\c3ccc(F)c(F)c3)C(=O)/C(=C/c3ccc(F)c(F)c3)C2)cc1. The Kier molecular flexibility index (Phi) is 9.16. The van der Waals surface area contributed by atoms with Crippen LogP contribution in [-0.2, 0) is 9.59 Å². The van der Waals surface area contributed by atoms with E-state index in [9.17, 15) is 27.2 Å². The van der Waals surface area contributed by atoms with Crippen molar-refractivity contribution in [1.82, 2.24) is 4.90 Å². The van der Waals surface area contributed by atoms with Gasteiger partial charge in [0, 0.05) is 29.3 Å².